The van der Waals surface area contributed by atoms with Crippen molar-refractivity contribution in [2.24, 2.45) is 5.73 Å². The summed E-state index contributed by atoms with van der Waals surface area (Å²) in [6.07, 6.45) is -1.16. The van der Waals surface area contributed by atoms with Crippen LogP contribution in [0.2, 0.25) is 0 Å². The Morgan fingerprint density at radius 3 is 2.55 bits per heavy atom. The number of rotatable bonds is 14. The number of anilines is 1. The van der Waals surface area contributed by atoms with Crippen molar-refractivity contribution in [1.82, 2.24) is 10.6 Å². The third-order valence-electron chi connectivity index (χ3n) is 3.53. The Kier molecular flexibility index (Phi) is 10.6. The van der Waals surface area contributed by atoms with Gasteiger partial charge in [-0.15, -0.1) is 0 Å². The maximum Gasteiger partial charge on any atom is 0.303 e. The topological polar surface area (TPSA) is 180 Å². The Balaban J connectivity index is 2.74. The third-order valence-corrected chi connectivity index (χ3v) is 3.53. The molecule has 0 radical (unpaired) electrons. The lowest BCUT2D eigenvalue weighted by atomic mass is 10.2. The number of nitrogens with two attached hydrogens (primary N) is 1. The van der Waals surface area contributed by atoms with Crippen LogP contribution in [0.1, 0.15) is 25.7 Å². The molecule has 7 N–H and O–H groups in total. The van der Waals surface area contributed by atoms with Gasteiger partial charge in [0.1, 0.15) is 5.75 Å². The van der Waals surface area contributed by atoms with Crippen molar-refractivity contribution in [3.05, 3.63) is 24.3 Å². The van der Waals surface area contributed by atoms with E-state index in [2.05, 4.69) is 16.0 Å². The molecular formula is C18H26N4O7. The number of amides is 3. The zero-order valence-corrected chi connectivity index (χ0v) is 15.8. The van der Waals surface area contributed by atoms with E-state index in [4.69, 9.17) is 20.7 Å². The monoisotopic (exact) mass is 410 g/mol. The van der Waals surface area contributed by atoms with Gasteiger partial charge in [0.05, 0.1) is 13.2 Å². The molecule has 0 aliphatic heterocycles. The first-order chi connectivity index (χ1) is 13.8. The summed E-state index contributed by atoms with van der Waals surface area (Å²) < 4.78 is 5.47. The lowest BCUT2D eigenvalue weighted by Crippen LogP contribution is -2.51. The number of carbonyl (C=O) groups excluding carboxylic acids is 3. The number of carboxylic acids is 1. The smallest absolute Gasteiger partial charge is 0.303 e. The highest BCUT2D eigenvalue weighted by Crippen LogP contribution is 2.18. The van der Waals surface area contributed by atoms with E-state index >= 15 is 0 Å². The number of ether oxygens (including phenoxy) is 1. The van der Waals surface area contributed by atoms with E-state index < -0.39 is 29.9 Å². The molecule has 1 aromatic rings. The maximum atomic E-state index is 12.3. The number of aliphatic carboxylic acids is 1. The van der Waals surface area contributed by atoms with Gasteiger partial charge in [-0.3, -0.25) is 19.2 Å². The van der Waals surface area contributed by atoms with Crippen molar-refractivity contribution in [2.75, 3.05) is 25.1 Å². The van der Waals surface area contributed by atoms with Crippen molar-refractivity contribution < 1.29 is 34.1 Å². The average Bonchev–Trinajstić information content (AvgIpc) is 2.67. The molecule has 0 saturated carbocycles. The molecule has 0 saturated heterocycles. The van der Waals surface area contributed by atoms with E-state index in [1.165, 1.54) is 0 Å². The molecule has 0 spiro atoms. The Morgan fingerprint density at radius 2 is 1.90 bits per heavy atom. The number of nitrogens with one attached hydrogen (secondary N) is 3. The van der Waals surface area contributed by atoms with Crippen molar-refractivity contribution in [2.45, 2.75) is 31.8 Å². The van der Waals surface area contributed by atoms with Crippen molar-refractivity contribution >= 4 is 29.4 Å². The van der Waals surface area contributed by atoms with E-state index in [0.29, 0.717) is 17.9 Å². The largest absolute Gasteiger partial charge is 0.494 e. The van der Waals surface area contributed by atoms with Gasteiger partial charge in [-0.25, -0.2) is 0 Å². The summed E-state index contributed by atoms with van der Waals surface area (Å²) in [5.41, 5.74) is 5.47. The molecule has 0 fully saturated rings. The van der Waals surface area contributed by atoms with Crippen molar-refractivity contribution in [3.63, 3.8) is 0 Å². The molecule has 0 bridgehead atoms. The highest BCUT2D eigenvalue weighted by atomic mass is 16.5. The SMILES string of the molecule is NC(=O)CCC(=O)NC(Nc1cccc(OCCCC(=O)O)c1)C(=O)NCCO. The highest BCUT2D eigenvalue weighted by Gasteiger charge is 2.20. The number of hydrogen-bond acceptors (Lipinski definition) is 7. The van der Waals surface area contributed by atoms with Gasteiger partial charge in [0.25, 0.3) is 5.91 Å². The molecule has 1 rings (SSSR count). The Morgan fingerprint density at radius 1 is 1.14 bits per heavy atom. The zero-order chi connectivity index (χ0) is 21.6. The normalized spacial score (nSPS) is 11.2. The van der Waals surface area contributed by atoms with Crippen LogP contribution in [0.3, 0.4) is 0 Å². The predicted octanol–water partition coefficient (Wildman–Crippen LogP) is -0.842. The van der Waals surface area contributed by atoms with Crippen LogP contribution in [0, 0.1) is 0 Å². The van der Waals surface area contributed by atoms with E-state index in [1.807, 2.05) is 0 Å². The number of primary amides is 1. The minimum atomic E-state index is -1.16. The Labute approximate surface area is 167 Å². The van der Waals surface area contributed by atoms with E-state index in [1.54, 1.807) is 24.3 Å². The summed E-state index contributed by atoms with van der Waals surface area (Å²) in [4.78, 5) is 45.6. The molecule has 1 aromatic carbocycles. The van der Waals surface area contributed by atoms with Crippen LogP contribution >= 0.6 is 0 Å². The molecule has 0 aliphatic rings. The van der Waals surface area contributed by atoms with Gasteiger partial charge in [-0.05, 0) is 18.6 Å². The highest BCUT2D eigenvalue weighted by molar-refractivity contribution is 5.90. The molecule has 1 unspecified atom stereocenters. The lowest BCUT2D eigenvalue weighted by molar-refractivity contribution is -0.137. The van der Waals surface area contributed by atoms with Gasteiger partial charge >= 0.3 is 5.97 Å². The van der Waals surface area contributed by atoms with Crippen LogP contribution in [0.4, 0.5) is 5.69 Å². The first kappa shape index (κ1) is 23.7. The van der Waals surface area contributed by atoms with Gasteiger partial charge in [-0.1, -0.05) is 6.07 Å². The summed E-state index contributed by atoms with van der Waals surface area (Å²) >= 11 is 0. The van der Waals surface area contributed by atoms with Crippen LogP contribution in [-0.2, 0) is 19.2 Å². The molecule has 0 aromatic heterocycles. The first-order valence-corrected chi connectivity index (χ1v) is 8.99. The summed E-state index contributed by atoms with van der Waals surface area (Å²) in [5, 5.41) is 25.2. The summed E-state index contributed by atoms with van der Waals surface area (Å²) in [6.45, 7) is -0.0608. The van der Waals surface area contributed by atoms with Crippen LogP contribution in [0.15, 0.2) is 24.3 Å². The second kappa shape index (κ2) is 12.9. The zero-order valence-electron chi connectivity index (χ0n) is 15.8. The molecule has 11 heteroatoms. The predicted molar refractivity (Wildman–Crippen MR) is 103 cm³/mol. The number of hydrogen-bond donors (Lipinski definition) is 6. The summed E-state index contributed by atoms with van der Waals surface area (Å²) in [7, 11) is 0. The molecule has 29 heavy (non-hydrogen) atoms. The standard InChI is InChI=1S/C18H26N4O7/c19-14(24)6-7-15(25)22-17(18(28)20-8-9-23)21-12-3-1-4-13(11-12)29-10-2-5-16(26)27/h1,3-4,11,17,21,23H,2,5-10H2,(H2,19,24)(H,20,28)(H,22,25)(H,26,27). The minimum Gasteiger partial charge on any atom is -0.494 e. The first-order valence-electron chi connectivity index (χ1n) is 8.99. The van der Waals surface area contributed by atoms with Gasteiger partial charge in [0, 0.05) is 37.6 Å². The fraction of sp³-hybridized carbons (Fsp3) is 0.444. The minimum absolute atomic E-state index is 0.000891. The molecule has 3 amide bonds. The van der Waals surface area contributed by atoms with E-state index in [0.717, 1.165) is 0 Å². The number of aliphatic hydroxyl groups is 1. The lowest BCUT2D eigenvalue weighted by Gasteiger charge is -2.21. The van der Waals surface area contributed by atoms with Gasteiger partial charge < -0.3 is 36.6 Å². The summed E-state index contributed by atoms with van der Waals surface area (Å²) in [6, 6.07) is 6.55. The summed E-state index contributed by atoms with van der Waals surface area (Å²) in [5.74, 6) is -2.23. The number of benzene rings is 1. The van der Waals surface area contributed by atoms with E-state index in [-0.39, 0.29) is 39.0 Å². The van der Waals surface area contributed by atoms with Crippen molar-refractivity contribution in [3.8, 4) is 5.75 Å². The fourth-order valence-electron chi connectivity index (χ4n) is 2.17. The molecular weight excluding hydrogens is 384 g/mol. The quantitative estimate of drug-likeness (QED) is 0.170. The van der Waals surface area contributed by atoms with Gasteiger partial charge in [0.15, 0.2) is 6.17 Å². The van der Waals surface area contributed by atoms with Crippen LogP contribution in [0.5, 0.6) is 5.75 Å². The molecule has 160 valence electrons. The van der Waals surface area contributed by atoms with Crippen molar-refractivity contribution in [1.29, 1.82) is 0 Å². The molecule has 11 nitrogen and oxygen atoms in total. The number of aliphatic hydroxyl groups excluding tert-OH is 1. The number of carboxylic acid groups (broad SMARTS) is 1. The van der Waals surface area contributed by atoms with Crippen LogP contribution < -0.4 is 26.4 Å². The average molecular weight is 410 g/mol. The van der Waals surface area contributed by atoms with E-state index in [9.17, 15) is 19.2 Å². The molecule has 0 aliphatic carbocycles. The molecule has 1 atom stereocenters. The van der Waals surface area contributed by atoms with Crippen LogP contribution in [-0.4, -0.2) is 59.8 Å². The number of carbonyl (C=O) groups is 4. The Bertz CT molecular complexity index is 711. The second-order valence-electron chi connectivity index (χ2n) is 6.00. The van der Waals surface area contributed by atoms with Crippen LogP contribution in [0.25, 0.3) is 0 Å². The third kappa shape index (κ3) is 10.5. The maximum absolute atomic E-state index is 12.3. The fourth-order valence-corrected chi connectivity index (χ4v) is 2.17. The molecule has 0 heterocycles. The van der Waals surface area contributed by atoms with Gasteiger partial charge in [-0.2, -0.15) is 0 Å². The Hall–Kier alpha value is -3.34. The van der Waals surface area contributed by atoms with Gasteiger partial charge in [0.2, 0.25) is 11.8 Å². The second-order valence-corrected chi connectivity index (χ2v) is 6.00.